The van der Waals surface area contributed by atoms with Gasteiger partial charge < -0.3 is 0 Å². The molecule has 55 heavy (non-hydrogen) atoms. The lowest BCUT2D eigenvalue weighted by atomic mass is 9.90. The van der Waals surface area contributed by atoms with E-state index in [1.54, 1.807) is 0 Å². The fourth-order valence-electron chi connectivity index (χ4n) is 8.05. The van der Waals surface area contributed by atoms with Crippen molar-refractivity contribution in [3.63, 3.8) is 0 Å². The van der Waals surface area contributed by atoms with E-state index in [1.165, 1.54) is 74.7 Å². The normalized spacial score (nSPS) is 11.6. The van der Waals surface area contributed by atoms with Crippen molar-refractivity contribution in [1.29, 1.82) is 0 Å². The first-order valence-corrected chi connectivity index (χ1v) is 19.3. The molecule has 0 amide bonds. The van der Waals surface area contributed by atoms with Crippen LogP contribution in [0.15, 0.2) is 188 Å². The van der Waals surface area contributed by atoms with Crippen LogP contribution in [-0.2, 0) is 0 Å². The molecule has 0 atom stereocenters. The van der Waals surface area contributed by atoms with E-state index in [0.717, 1.165) is 16.7 Å². The molecule has 0 bridgehead atoms. The highest BCUT2D eigenvalue weighted by Gasteiger charge is 2.16. The fraction of sp³-hybridized carbons (Fsp3) is 0. The summed E-state index contributed by atoms with van der Waals surface area (Å²) in [6.45, 7) is 0. The molecule has 0 unspecified atom stereocenters. The standard InChI is InChI=1S/C51H31N3S/c1-3-13-32(14-4-1)49-52-50(33-15-5-2-6-16-33)54-51(53-49)37-26-28-42-45-30-35(25-27-41(45)39-19-7-8-20-40(39)46(42)31-37)34-17-11-18-36(29-34)38-22-12-23-44-43-21-9-10-24-47(43)55-48(38)44/h1-31H. The number of hydrogen-bond acceptors (Lipinski definition) is 4. The summed E-state index contributed by atoms with van der Waals surface area (Å²) in [5, 5.41) is 9.90. The van der Waals surface area contributed by atoms with Crippen molar-refractivity contribution in [1.82, 2.24) is 15.0 Å². The summed E-state index contributed by atoms with van der Waals surface area (Å²) in [6, 6.07) is 67.0. The molecule has 2 aromatic heterocycles. The van der Waals surface area contributed by atoms with Gasteiger partial charge in [-0.2, -0.15) is 0 Å². The summed E-state index contributed by atoms with van der Waals surface area (Å²) in [4.78, 5) is 15.0. The van der Waals surface area contributed by atoms with Gasteiger partial charge in [-0.25, -0.2) is 15.0 Å². The van der Waals surface area contributed by atoms with Gasteiger partial charge >= 0.3 is 0 Å². The molecule has 0 saturated carbocycles. The minimum absolute atomic E-state index is 0.651. The minimum Gasteiger partial charge on any atom is -0.208 e. The Kier molecular flexibility index (Phi) is 7.35. The summed E-state index contributed by atoms with van der Waals surface area (Å²) in [5.41, 5.74) is 7.75. The average molecular weight is 718 g/mol. The first-order chi connectivity index (χ1) is 27.2. The van der Waals surface area contributed by atoms with E-state index in [0.29, 0.717) is 17.5 Å². The highest BCUT2D eigenvalue weighted by molar-refractivity contribution is 7.26. The Balaban J connectivity index is 1.07. The molecule has 0 aliphatic carbocycles. The average Bonchev–Trinajstić information content (AvgIpc) is 3.66. The van der Waals surface area contributed by atoms with Crippen molar-refractivity contribution in [3.05, 3.63) is 188 Å². The minimum atomic E-state index is 0.651. The van der Waals surface area contributed by atoms with Crippen molar-refractivity contribution >= 4 is 63.8 Å². The van der Waals surface area contributed by atoms with Crippen molar-refractivity contribution in [2.75, 3.05) is 0 Å². The molecule has 0 N–H and O–H groups in total. The highest BCUT2D eigenvalue weighted by atomic mass is 32.1. The number of fused-ring (bicyclic) bond motifs is 9. The van der Waals surface area contributed by atoms with Crippen molar-refractivity contribution < 1.29 is 0 Å². The second-order valence-corrected chi connectivity index (χ2v) is 15.0. The van der Waals surface area contributed by atoms with Crippen LogP contribution < -0.4 is 0 Å². The van der Waals surface area contributed by atoms with Crippen LogP contribution in [0, 0.1) is 0 Å². The third-order valence-corrected chi connectivity index (χ3v) is 11.9. The lowest BCUT2D eigenvalue weighted by molar-refractivity contribution is 1.07. The number of hydrogen-bond donors (Lipinski definition) is 0. The zero-order chi connectivity index (χ0) is 36.3. The lowest BCUT2D eigenvalue weighted by Gasteiger charge is -2.14. The van der Waals surface area contributed by atoms with Crippen LogP contribution in [0.4, 0.5) is 0 Å². The van der Waals surface area contributed by atoms with Crippen molar-refractivity contribution in [3.8, 4) is 56.4 Å². The van der Waals surface area contributed by atoms with Gasteiger partial charge in [0.15, 0.2) is 17.5 Å². The van der Waals surface area contributed by atoms with E-state index in [4.69, 9.17) is 15.0 Å². The summed E-state index contributed by atoms with van der Waals surface area (Å²) in [7, 11) is 0. The number of benzene rings is 9. The van der Waals surface area contributed by atoms with Crippen LogP contribution >= 0.6 is 11.3 Å². The van der Waals surface area contributed by atoms with Gasteiger partial charge in [-0.05, 0) is 78.8 Å². The fourth-order valence-corrected chi connectivity index (χ4v) is 9.29. The van der Waals surface area contributed by atoms with Gasteiger partial charge in [0.05, 0.1) is 0 Å². The Morgan fingerprint density at radius 3 is 1.44 bits per heavy atom. The molecular formula is C51H31N3S. The topological polar surface area (TPSA) is 38.7 Å². The maximum Gasteiger partial charge on any atom is 0.164 e. The molecule has 256 valence electrons. The summed E-state index contributed by atoms with van der Waals surface area (Å²) >= 11 is 1.88. The number of rotatable bonds is 5. The van der Waals surface area contributed by atoms with E-state index in [2.05, 4.69) is 127 Å². The zero-order valence-electron chi connectivity index (χ0n) is 29.6. The van der Waals surface area contributed by atoms with Crippen LogP contribution in [0.5, 0.6) is 0 Å². The first kappa shape index (κ1) is 31.5. The van der Waals surface area contributed by atoms with Crippen molar-refractivity contribution in [2.45, 2.75) is 0 Å². The molecule has 3 nitrogen and oxygen atoms in total. The third kappa shape index (κ3) is 5.38. The van der Waals surface area contributed by atoms with Crippen LogP contribution in [0.25, 0.3) is 109 Å². The largest absolute Gasteiger partial charge is 0.208 e. The van der Waals surface area contributed by atoms with Gasteiger partial charge in [-0.1, -0.05) is 164 Å². The second kappa shape index (κ2) is 12.8. The van der Waals surface area contributed by atoms with Gasteiger partial charge in [-0.3, -0.25) is 0 Å². The van der Waals surface area contributed by atoms with E-state index in [1.807, 2.05) is 72.0 Å². The number of nitrogens with zero attached hydrogens (tertiary/aromatic N) is 3. The Morgan fingerprint density at radius 2 is 0.727 bits per heavy atom. The predicted molar refractivity (Wildman–Crippen MR) is 232 cm³/mol. The van der Waals surface area contributed by atoms with Gasteiger partial charge in [0, 0.05) is 36.9 Å². The molecule has 11 aromatic rings. The van der Waals surface area contributed by atoms with Gasteiger partial charge in [0.2, 0.25) is 0 Å². The molecule has 0 radical (unpaired) electrons. The maximum absolute atomic E-state index is 5.05. The van der Waals surface area contributed by atoms with Gasteiger partial charge in [0.1, 0.15) is 0 Å². The molecule has 4 heteroatoms. The van der Waals surface area contributed by atoms with E-state index >= 15 is 0 Å². The van der Waals surface area contributed by atoms with Crippen LogP contribution in [-0.4, -0.2) is 15.0 Å². The molecule has 0 aliphatic rings. The second-order valence-electron chi connectivity index (χ2n) is 14.0. The predicted octanol–water partition coefficient (Wildman–Crippen LogP) is 14.0. The Labute approximate surface area is 321 Å². The maximum atomic E-state index is 5.05. The smallest absolute Gasteiger partial charge is 0.164 e. The number of thiophene rings is 1. The van der Waals surface area contributed by atoms with Gasteiger partial charge in [0.25, 0.3) is 0 Å². The molecule has 9 aromatic carbocycles. The summed E-state index contributed by atoms with van der Waals surface area (Å²) < 4.78 is 2.65. The summed E-state index contributed by atoms with van der Waals surface area (Å²) in [5.74, 6) is 1.96. The lowest BCUT2D eigenvalue weighted by Crippen LogP contribution is -2.00. The zero-order valence-corrected chi connectivity index (χ0v) is 30.5. The van der Waals surface area contributed by atoms with Crippen molar-refractivity contribution in [2.24, 2.45) is 0 Å². The van der Waals surface area contributed by atoms with E-state index in [-0.39, 0.29) is 0 Å². The molecule has 0 aliphatic heterocycles. The molecule has 11 rings (SSSR count). The SMILES string of the molecule is c1ccc(-c2nc(-c3ccccc3)nc(-c3ccc4c5cc(-c6cccc(-c7cccc8c7sc7ccccc78)c6)ccc5c5ccccc5c4c3)n2)cc1. The molecule has 0 saturated heterocycles. The molecule has 0 fully saturated rings. The Hall–Kier alpha value is -7.01. The number of aromatic nitrogens is 3. The third-order valence-electron chi connectivity index (χ3n) is 10.7. The monoisotopic (exact) mass is 717 g/mol. The van der Waals surface area contributed by atoms with Gasteiger partial charge in [-0.15, -0.1) is 11.3 Å². The summed E-state index contributed by atoms with van der Waals surface area (Å²) in [6.07, 6.45) is 0. The molecule has 2 heterocycles. The highest BCUT2D eigenvalue weighted by Crippen LogP contribution is 2.42. The quantitative estimate of drug-likeness (QED) is 0.166. The van der Waals surface area contributed by atoms with Crippen LogP contribution in [0.3, 0.4) is 0 Å². The van der Waals surface area contributed by atoms with Crippen LogP contribution in [0.1, 0.15) is 0 Å². The molecular weight excluding hydrogens is 687 g/mol. The Morgan fingerprint density at radius 1 is 0.273 bits per heavy atom. The first-order valence-electron chi connectivity index (χ1n) is 18.5. The van der Waals surface area contributed by atoms with E-state index < -0.39 is 0 Å². The van der Waals surface area contributed by atoms with Crippen LogP contribution in [0.2, 0.25) is 0 Å². The Bertz CT molecular complexity index is 3200. The molecule has 0 spiro atoms. The van der Waals surface area contributed by atoms with E-state index in [9.17, 15) is 0 Å².